The van der Waals surface area contributed by atoms with Crippen LogP contribution in [0.5, 0.6) is 5.75 Å². The van der Waals surface area contributed by atoms with Gasteiger partial charge >= 0.3 is 6.09 Å². The number of amidine groups is 1. The van der Waals surface area contributed by atoms with Crippen molar-refractivity contribution in [3.05, 3.63) is 28.0 Å². The summed E-state index contributed by atoms with van der Waals surface area (Å²) in [6, 6.07) is 3.00. The lowest BCUT2D eigenvalue weighted by molar-refractivity contribution is 0.158. The minimum absolute atomic E-state index is 0.103. The molecule has 0 fully saturated rings. The van der Waals surface area contributed by atoms with Crippen molar-refractivity contribution < 1.29 is 19.0 Å². The second-order valence-corrected chi connectivity index (χ2v) is 6.94. The Hall–Kier alpha value is -1.28. The minimum Gasteiger partial charge on any atom is -0.493 e. The SMILES string of the molecule is C[C@]12N=C(NC(=O)O)SCC1COc1cc(F)c(Br)cc12. The molecule has 3 rings (SSSR count). The Morgan fingerprint density at radius 2 is 2.43 bits per heavy atom. The molecule has 0 saturated carbocycles. The van der Waals surface area contributed by atoms with Gasteiger partial charge in [0, 0.05) is 23.3 Å². The van der Waals surface area contributed by atoms with E-state index in [-0.39, 0.29) is 5.92 Å². The number of thioether (sulfide) groups is 1. The fourth-order valence-electron chi connectivity index (χ4n) is 2.56. The van der Waals surface area contributed by atoms with E-state index in [0.717, 1.165) is 5.56 Å². The van der Waals surface area contributed by atoms with Crippen LogP contribution >= 0.6 is 27.7 Å². The molecular formula is C13H12BrFN2O3S. The van der Waals surface area contributed by atoms with Gasteiger partial charge in [-0.1, -0.05) is 11.8 Å². The van der Waals surface area contributed by atoms with Crippen molar-refractivity contribution in [2.24, 2.45) is 10.9 Å². The number of benzene rings is 1. The number of hydrogen-bond donors (Lipinski definition) is 2. The third-order valence-electron chi connectivity index (χ3n) is 3.77. The maximum Gasteiger partial charge on any atom is 0.410 e. The van der Waals surface area contributed by atoms with Crippen molar-refractivity contribution in [2.45, 2.75) is 12.5 Å². The van der Waals surface area contributed by atoms with Gasteiger partial charge in [0.2, 0.25) is 0 Å². The smallest absolute Gasteiger partial charge is 0.410 e. The number of carbonyl (C=O) groups is 1. The van der Waals surface area contributed by atoms with Crippen molar-refractivity contribution in [3.63, 3.8) is 0 Å². The van der Waals surface area contributed by atoms with Crippen molar-refractivity contribution in [1.82, 2.24) is 5.32 Å². The summed E-state index contributed by atoms with van der Waals surface area (Å²) in [5.74, 6) is 0.852. The van der Waals surface area contributed by atoms with Crippen LogP contribution in [-0.4, -0.2) is 28.7 Å². The molecule has 1 aromatic carbocycles. The summed E-state index contributed by atoms with van der Waals surface area (Å²) >= 11 is 4.53. The van der Waals surface area contributed by atoms with E-state index in [1.54, 1.807) is 6.07 Å². The molecule has 2 aliphatic heterocycles. The van der Waals surface area contributed by atoms with Crippen molar-refractivity contribution in [2.75, 3.05) is 12.4 Å². The molecule has 21 heavy (non-hydrogen) atoms. The number of halogens is 2. The Bertz CT molecular complexity index is 655. The number of aliphatic imine (C=N–C) groups is 1. The average molecular weight is 375 g/mol. The van der Waals surface area contributed by atoms with Gasteiger partial charge in [0.15, 0.2) is 5.17 Å². The fourth-order valence-corrected chi connectivity index (χ4v) is 4.09. The second-order valence-electron chi connectivity index (χ2n) is 5.08. The van der Waals surface area contributed by atoms with E-state index < -0.39 is 17.4 Å². The molecule has 5 nitrogen and oxygen atoms in total. The molecule has 1 aromatic rings. The number of rotatable bonds is 0. The Morgan fingerprint density at radius 3 is 3.14 bits per heavy atom. The molecule has 2 heterocycles. The number of amides is 1. The number of fused-ring (bicyclic) bond motifs is 3. The molecule has 0 saturated heterocycles. The first-order valence-corrected chi connectivity index (χ1v) is 8.03. The van der Waals surface area contributed by atoms with E-state index in [1.807, 2.05) is 6.92 Å². The molecule has 0 aliphatic carbocycles. The molecule has 8 heteroatoms. The van der Waals surface area contributed by atoms with E-state index >= 15 is 0 Å². The van der Waals surface area contributed by atoms with Crippen LogP contribution in [0.25, 0.3) is 0 Å². The van der Waals surface area contributed by atoms with Gasteiger partial charge in [0.05, 0.1) is 16.6 Å². The molecular weight excluding hydrogens is 363 g/mol. The molecule has 0 bridgehead atoms. The van der Waals surface area contributed by atoms with Crippen molar-refractivity contribution in [1.29, 1.82) is 0 Å². The Balaban J connectivity index is 2.09. The first kappa shape index (κ1) is 14.6. The first-order chi connectivity index (χ1) is 9.90. The summed E-state index contributed by atoms with van der Waals surface area (Å²) in [6.45, 7) is 2.36. The van der Waals surface area contributed by atoms with Gasteiger partial charge in [-0.15, -0.1) is 0 Å². The standard InChI is InChI=1S/C13H12BrFN2O3S/c1-13-6(5-21-11(17-13)16-12(18)19)4-20-10-3-9(15)8(14)2-7(10)13/h2-3,6H,4-5H2,1H3,(H,16,17)(H,18,19)/t6?,13-/m0/s1. The summed E-state index contributed by atoms with van der Waals surface area (Å²) in [6.07, 6.45) is -1.14. The highest BCUT2D eigenvalue weighted by atomic mass is 79.9. The molecule has 0 radical (unpaired) electrons. The maximum atomic E-state index is 13.6. The molecule has 1 amide bonds. The maximum absolute atomic E-state index is 13.6. The average Bonchev–Trinajstić information content (AvgIpc) is 2.39. The van der Waals surface area contributed by atoms with Crippen LogP contribution in [0, 0.1) is 11.7 Å². The highest BCUT2D eigenvalue weighted by Crippen LogP contribution is 2.48. The predicted molar refractivity (Wildman–Crippen MR) is 81.5 cm³/mol. The number of hydrogen-bond acceptors (Lipinski definition) is 4. The van der Waals surface area contributed by atoms with Gasteiger partial charge in [-0.2, -0.15) is 0 Å². The van der Waals surface area contributed by atoms with Gasteiger partial charge in [-0.25, -0.2) is 9.18 Å². The Morgan fingerprint density at radius 1 is 1.67 bits per heavy atom. The lowest BCUT2D eigenvalue weighted by Crippen LogP contribution is -2.45. The summed E-state index contributed by atoms with van der Waals surface area (Å²) in [5.41, 5.74) is 0.129. The van der Waals surface area contributed by atoms with Gasteiger partial charge < -0.3 is 9.84 Å². The van der Waals surface area contributed by atoms with Crippen molar-refractivity contribution in [3.8, 4) is 5.75 Å². The van der Waals surface area contributed by atoms with E-state index in [1.165, 1.54) is 17.8 Å². The van der Waals surface area contributed by atoms with Crippen LogP contribution in [0.2, 0.25) is 0 Å². The zero-order chi connectivity index (χ0) is 15.2. The van der Waals surface area contributed by atoms with Crippen molar-refractivity contribution >= 4 is 39.0 Å². The molecule has 1 unspecified atom stereocenters. The lowest BCUT2D eigenvalue weighted by Gasteiger charge is -2.42. The minimum atomic E-state index is -1.14. The number of nitrogens with one attached hydrogen (secondary N) is 1. The normalized spacial score (nSPS) is 27.0. The van der Waals surface area contributed by atoms with Gasteiger partial charge in [0.1, 0.15) is 11.6 Å². The summed E-state index contributed by atoms with van der Waals surface area (Å²) in [5, 5.41) is 11.5. The van der Waals surface area contributed by atoms with Crippen LogP contribution in [0.3, 0.4) is 0 Å². The topological polar surface area (TPSA) is 70.9 Å². The van der Waals surface area contributed by atoms with Gasteiger partial charge in [-0.3, -0.25) is 10.3 Å². The molecule has 0 aromatic heterocycles. The Kier molecular flexibility index (Phi) is 3.61. The van der Waals surface area contributed by atoms with E-state index in [4.69, 9.17) is 9.84 Å². The monoisotopic (exact) mass is 374 g/mol. The highest BCUT2D eigenvalue weighted by Gasteiger charge is 2.45. The molecule has 2 atom stereocenters. The second kappa shape index (κ2) is 5.17. The Labute approximate surface area is 133 Å². The predicted octanol–water partition coefficient (Wildman–Crippen LogP) is 3.18. The van der Waals surface area contributed by atoms with Crippen LogP contribution in [-0.2, 0) is 5.54 Å². The summed E-state index contributed by atoms with van der Waals surface area (Å²) < 4.78 is 19.6. The zero-order valence-corrected chi connectivity index (χ0v) is 13.4. The van der Waals surface area contributed by atoms with Crippen LogP contribution in [0.1, 0.15) is 12.5 Å². The molecule has 0 spiro atoms. The number of ether oxygens (including phenoxy) is 1. The van der Waals surface area contributed by atoms with E-state index in [0.29, 0.717) is 27.7 Å². The van der Waals surface area contributed by atoms with Crippen LogP contribution in [0.4, 0.5) is 9.18 Å². The zero-order valence-electron chi connectivity index (χ0n) is 11.0. The molecule has 2 N–H and O–H groups in total. The first-order valence-electron chi connectivity index (χ1n) is 6.25. The number of carboxylic acid groups (broad SMARTS) is 1. The fraction of sp³-hybridized carbons (Fsp3) is 0.385. The summed E-state index contributed by atoms with van der Waals surface area (Å²) in [7, 11) is 0. The lowest BCUT2D eigenvalue weighted by atomic mass is 9.79. The van der Waals surface area contributed by atoms with Crippen LogP contribution in [0.15, 0.2) is 21.6 Å². The third-order valence-corrected chi connectivity index (χ3v) is 5.42. The number of nitrogens with zero attached hydrogens (tertiary/aromatic N) is 1. The summed E-state index contributed by atoms with van der Waals surface area (Å²) in [4.78, 5) is 15.3. The van der Waals surface area contributed by atoms with Gasteiger partial charge in [-0.05, 0) is 28.9 Å². The quantitative estimate of drug-likeness (QED) is 0.731. The largest absolute Gasteiger partial charge is 0.493 e. The molecule has 2 aliphatic rings. The third kappa shape index (κ3) is 2.50. The molecule has 112 valence electrons. The highest BCUT2D eigenvalue weighted by molar-refractivity contribution is 9.10. The van der Waals surface area contributed by atoms with E-state index in [9.17, 15) is 9.18 Å². The van der Waals surface area contributed by atoms with Crippen LogP contribution < -0.4 is 10.1 Å². The van der Waals surface area contributed by atoms with Gasteiger partial charge in [0.25, 0.3) is 0 Å². The van der Waals surface area contributed by atoms with E-state index in [2.05, 4.69) is 26.2 Å².